The largest absolute Gasteiger partial charge is 0.512 e. The standard InChI is InChI=1S/C19H16ClF5N4OS/c1-27-18-16(17(20)26)12(8-28-18)13(21)6-7-15(14(22)9-30)29-31-11-4-2-10(3-5-11)19(23,24)25/h2-9,26-30H,1H3/b13-6+,14-9-,15-7+,26-17?. The predicted octanol–water partition coefficient (Wildman–Crippen LogP) is 6.50. The van der Waals surface area contributed by atoms with Gasteiger partial charge in [-0.15, -0.1) is 0 Å². The summed E-state index contributed by atoms with van der Waals surface area (Å²) in [6.07, 6.45) is -1.22. The minimum atomic E-state index is -4.49. The summed E-state index contributed by atoms with van der Waals surface area (Å²) < 4.78 is 68.9. The van der Waals surface area contributed by atoms with Gasteiger partial charge >= 0.3 is 6.18 Å². The SMILES string of the molecule is CNc1[nH]cc(\C(F)=C/C=C(NSc2ccc(C(F)(F)F)cc2)\C(F)=C\O)c1C(=N)Cl. The Morgan fingerprint density at radius 3 is 2.35 bits per heavy atom. The lowest BCUT2D eigenvalue weighted by Crippen LogP contribution is -2.06. The molecule has 12 heteroatoms. The summed E-state index contributed by atoms with van der Waals surface area (Å²) in [5.74, 6) is -1.69. The molecule has 0 fully saturated rings. The first-order chi connectivity index (χ1) is 14.6. The highest BCUT2D eigenvalue weighted by atomic mass is 35.5. The second-order valence-corrected chi connectivity index (χ2v) is 7.07. The molecule has 1 heterocycles. The number of alkyl halides is 3. The van der Waals surface area contributed by atoms with E-state index in [9.17, 15) is 22.0 Å². The zero-order valence-corrected chi connectivity index (χ0v) is 17.3. The van der Waals surface area contributed by atoms with E-state index >= 15 is 0 Å². The van der Waals surface area contributed by atoms with Crippen LogP contribution in [-0.2, 0) is 6.18 Å². The van der Waals surface area contributed by atoms with Crippen molar-refractivity contribution in [1.29, 1.82) is 5.41 Å². The summed E-state index contributed by atoms with van der Waals surface area (Å²) in [4.78, 5) is 3.02. The second-order valence-electron chi connectivity index (χ2n) is 5.81. The lowest BCUT2D eigenvalue weighted by atomic mass is 10.1. The molecule has 5 nitrogen and oxygen atoms in total. The molecule has 0 aliphatic rings. The fourth-order valence-corrected chi connectivity index (χ4v) is 3.20. The van der Waals surface area contributed by atoms with Gasteiger partial charge in [0, 0.05) is 23.7 Å². The van der Waals surface area contributed by atoms with Gasteiger partial charge in [0.15, 0.2) is 5.83 Å². The van der Waals surface area contributed by atoms with E-state index in [-0.39, 0.29) is 23.1 Å². The number of aromatic amines is 1. The van der Waals surface area contributed by atoms with Crippen LogP contribution in [-0.4, -0.2) is 22.3 Å². The summed E-state index contributed by atoms with van der Waals surface area (Å²) in [7, 11) is 1.54. The zero-order chi connectivity index (χ0) is 23.2. The molecule has 166 valence electrons. The summed E-state index contributed by atoms with van der Waals surface area (Å²) in [5, 5.41) is 18.8. The molecule has 0 aliphatic heterocycles. The maximum atomic E-state index is 14.6. The number of halogens is 6. The molecule has 0 bridgehead atoms. The number of anilines is 1. The van der Waals surface area contributed by atoms with Gasteiger partial charge in [0.2, 0.25) is 0 Å². The maximum absolute atomic E-state index is 14.6. The first-order valence-corrected chi connectivity index (χ1v) is 9.59. The number of benzene rings is 1. The van der Waals surface area contributed by atoms with Crippen LogP contribution < -0.4 is 10.0 Å². The highest BCUT2D eigenvalue weighted by molar-refractivity contribution is 7.97. The Morgan fingerprint density at radius 2 is 1.84 bits per heavy atom. The van der Waals surface area contributed by atoms with Gasteiger partial charge < -0.3 is 20.1 Å². The third-order valence-electron chi connectivity index (χ3n) is 3.83. The van der Waals surface area contributed by atoms with Crippen molar-refractivity contribution >= 4 is 40.4 Å². The van der Waals surface area contributed by atoms with Gasteiger partial charge in [0.1, 0.15) is 23.1 Å². The number of aliphatic hydroxyl groups excluding tert-OH is 1. The van der Waals surface area contributed by atoms with Crippen LogP contribution in [0.15, 0.2) is 65.3 Å². The lowest BCUT2D eigenvalue weighted by molar-refractivity contribution is -0.137. The molecule has 1 aromatic heterocycles. The van der Waals surface area contributed by atoms with Gasteiger partial charge in [-0.05, 0) is 48.4 Å². The van der Waals surface area contributed by atoms with Gasteiger partial charge in [-0.25, -0.2) is 8.78 Å². The molecule has 5 N–H and O–H groups in total. The van der Waals surface area contributed by atoms with Crippen molar-refractivity contribution in [3.63, 3.8) is 0 Å². The van der Waals surface area contributed by atoms with E-state index in [1.165, 1.54) is 18.3 Å². The summed E-state index contributed by atoms with van der Waals surface area (Å²) in [6, 6.07) is 4.07. The zero-order valence-electron chi connectivity index (χ0n) is 15.7. The minimum Gasteiger partial charge on any atom is -0.512 e. The van der Waals surface area contributed by atoms with Crippen LogP contribution in [0.5, 0.6) is 0 Å². The quantitative estimate of drug-likeness (QED) is 0.0985. The molecule has 0 spiro atoms. The molecule has 0 aliphatic carbocycles. The van der Waals surface area contributed by atoms with Crippen LogP contribution in [0.25, 0.3) is 5.83 Å². The molecule has 0 saturated heterocycles. The Kier molecular flexibility index (Phi) is 8.17. The van der Waals surface area contributed by atoms with E-state index in [1.54, 1.807) is 7.05 Å². The van der Waals surface area contributed by atoms with Crippen molar-refractivity contribution < 1.29 is 27.1 Å². The molecule has 0 amide bonds. The monoisotopic (exact) mass is 478 g/mol. The number of hydrogen-bond acceptors (Lipinski definition) is 5. The lowest BCUT2D eigenvalue weighted by Gasteiger charge is -2.09. The molecule has 1 aromatic carbocycles. The highest BCUT2D eigenvalue weighted by Crippen LogP contribution is 2.31. The van der Waals surface area contributed by atoms with Gasteiger partial charge in [-0.3, -0.25) is 5.41 Å². The number of aliphatic hydroxyl groups is 1. The van der Waals surface area contributed by atoms with Crippen LogP contribution in [0, 0.1) is 5.41 Å². The van der Waals surface area contributed by atoms with Crippen LogP contribution in [0.2, 0.25) is 0 Å². The highest BCUT2D eigenvalue weighted by Gasteiger charge is 2.30. The first-order valence-electron chi connectivity index (χ1n) is 8.40. The van der Waals surface area contributed by atoms with E-state index in [0.717, 1.165) is 36.2 Å². The molecule has 31 heavy (non-hydrogen) atoms. The van der Waals surface area contributed by atoms with Crippen LogP contribution in [0.3, 0.4) is 0 Å². The Balaban J connectivity index is 2.25. The van der Waals surface area contributed by atoms with E-state index in [1.807, 2.05) is 0 Å². The van der Waals surface area contributed by atoms with E-state index < -0.39 is 28.6 Å². The Bertz CT molecular complexity index is 1030. The molecular formula is C19H16ClF5N4OS. The van der Waals surface area contributed by atoms with Crippen molar-refractivity contribution in [3.8, 4) is 0 Å². The van der Waals surface area contributed by atoms with Crippen molar-refractivity contribution in [2.75, 3.05) is 12.4 Å². The normalized spacial score (nSPS) is 13.3. The molecule has 2 rings (SSSR count). The summed E-state index contributed by atoms with van der Waals surface area (Å²) >= 11 is 6.45. The van der Waals surface area contributed by atoms with Gasteiger partial charge in [-0.2, -0.15) is 13.2 Å². The Hall–Kier alpha value is -2.92. The van der Waals surface area contributed by atoms with Crippen LogP contribution in [0.4, 0.5) is 27.8 Å². The summed E-state index contributed by atoms with van der Waals surface area (Å²) in [5.41, 5.74) is -1.18. The third-order valence-corrected chi connectivity index (χ3v) is 4.85. The fraction of sp³-hybridized carbons (Fsp3) is 0.105. The molecule has 0 saturated carbocycles. The number of rotatable bonds is 8. The molecule has 0 radical (unpaired) electrons. The second kappa shape index (κ2) is 10.4. The van der Waals surface area contributed by atoms with Crippen LogP contribution >= 0.6 is 23.5 Å². The molecule has 0 atom stereocenters. The maximum Gasteiger partial charge on any atom is 0.416 e. The van der Waals surface area contributed by atoms with Crippen molar-refractivity contribution in [3.05, 3.63) is 77.1 Å². The fourth-order valence-electron chi connectivity index (χ4n) is 2.34. The molecule has 2 aromatic rings. The number of aromatic nitrogens is 1. The number of nitrogens with one attached hydrogen (secondary N) is 4. The van der Waals surface area contributed by atoms with Gasteiger partial charge in [-0.1, -0.05) is 11.6 Å². The molecule has 0 unspecified atom stereocenters. The first kappa shape index (κ1) is 24.4. The smallest absolute Gasteiger partial charge is 0.416 e. The number of allylic oxidation sites excluding steroid dienone is 3. The number of hydrogen-bond donors (Lipinski definition) is 5. The van der Waals surface area contributed by atoms with E-state index in [4.69, 9.17) is 22.1 Å². The van der Waals surface area contributed by atoms with Gasteiger partial charge in [0.05, 0.1) is 16.8 Å². The van der Waals surface area contributed by atoms with E-state index in [0.29, 0.717) is 10.7 Å². The number of H-pyrrole nitrogens is 1. The summed E-state index contributed by atoms with van der Waals surface area (Å²) in [6.45, 7) is 0. The van der Waals surface area contributed by atoms with Gasteiger partial charge in [0.25, 0.3) is 0 Å². The third kappa shape index (κ3) is 6.28. The molecular weight excluding hydrogens is 463 g/mol. The Labute approximate surface area is 183 Å². The predicted molar refractivity (Wildman–Crippen MR) is 112 cm³/mol. The average molecular weight is 479 g/mol. The van der Waals surface area contributed by atoms with Crippen molar-refractivity contribution in [2.45, 2.75) is 11.1 Å². The van der Waals surface area contributed by atoms with Crippen LogP contribution in [0.1, 0.15) is 16.7 Å². The van der Waals surface area contributed by atoms with E-state index in [2.05, 4.69) is 15.0 Å². The topological polar surface area (TPSA) is 83.9 Å². The van der Waals surface area contributed by atoms with Crippen molar-refractivity contribution in [2.24, 2.45) is 0 Å². The Morgan fingerprint density at radius 1 is 1.19 bits per heavy atom. The average Bonchev–Trinajstić information content (AvgIpc) is 3.17. The minimum absolute atomic E-state index is 0.0521. The van der Waals surface area contributed by atoms with Crippen molar-refractivity contribution in [1.82, 2.24) is 9.71 Å².